The predicted molar refractivity (Wildman–Crippen MR) is 89.2 cm³/mol. The van der Waals surface area contributed by atoms with E-state index in [0.29, 0.717) is 13.1 Å². The first-order chi connectivity index (χ1) is 8.70. The fourth-order valence-electron chi connectivity index (χ4n) is 1.26. The lowest BCUT2D eigenvalue weighted by atomic mass is 10.4. The summed E-state index contributed by atoms with van der Waals surface area (Å²) in [5.74, 6) is 0.759. The quantitative estimate of drug-likeness (QED) is 0.236. The normalized spacial score (nSPS) is 10.6. The van der Waals surface area contributed by atoms with Crippen molar-refractivity contribution in [1.29, 1.82) is 0 Å². The van der Waals surface area contributed by atoms with Crippen LogP contribution in [0.2, 0.25) is 0 Å². The number of carbonyl (C=O) groups excluding carboxylic acids is 1. The van der Waals surface area contributed by atoms with Crippen LogP contribution < -0.4 is 16.0 Å². The Labute approximate surface area is 133 Å². The molecular formula is C12H27IN4O2. The van der Waals surface area contributed by atoms with Crippen LogP contribution in [0.5, 0.6) is 0 Å². The average molecular weight is 386 g/mol. The fraction of sp³-hybridized carbons (Fsp3) is 0.833. The van der Waals surface area contributed by atoms with E-state index < -0.39 is 0 Å². The Morgan fingerprint density at radius 2 is 1.84 bits per heavy atom. The van der Waals surface area contributed by atoms with Gasteiger partial charge in [0.2, 0.25) is 5.91 Å². The summed E-state index contributed by atoms with van der Waals surface area (Å²) in [6.07, 6.45) is 0.913. The molecule has 0 aromatic rings. The molecule has 3 N–H and O–H groups in total. The molecule has 0 aliphatic heterocycles. The molecule has 0 aliphatic rings. The first kappa shape index (κ1) is 20.7. The van der Waals surface area contributed by atoms with Gasteiger partial charge >= 0.3 is 0 Å². The Bertz CT molecular complexity index is 250. The molecule has 0 heterocycles. The maximum Gasteiger partial charge on any atom is 0.216 e. The molecule has 0 unspecified atom stereocenters. The third-order valence-corrected chi connectivity index (χ3v) is 2.06. The highest BCUT2D eigenvalue weighted by Gasteiger charge is 1.96. The van der Waals surface area contributed by atoms with Gasteiger partial charge in [-0.3, -0.25) is 9.79 Å². The second-order valence-corrected chi connectivity index (χ2v) is 3.72. The molecule has 0 saturated carbocycles. The van der Waals surface area contributed by atoms with Crippen LogP contribution in [0.15, 0.2) is 4.99 Å². The molecule has 7 heteroatoms. The monoisotopic (exact) mass is 386 g/mol. The molecule has 0 spiro atoms. The zero-order chi connectivity index (χ0) is 13.6. The molecule has 114 valence electrons. The number of amides is 1. The fourth-order valence-corrected chi connectivity index (χ4v) is 1.26. The summed E-state index contributed by atoms with van der Waals surface area (Å²) >= 11 is 0. The van der Waals surface area contributed by atoms with Crippen molar-refractivity contribution in [3.8, 4) is 0 Å². The number of ether oxygens (including phenoxy) is 1. The number of nitrogens with one attached hydrogen (secondary N) is 3. The first-order valence-corrected chi connectivity index (χ1v) is 6.55. The van der Waals surface area contributed by atoms with E-state index in [1.165, 1.54) is 6.92 Å². The molecule has 0 aliphatic carbocycles. The molecule has 0 fully saturated rings. The Hall–Kier alpha value is -0.570. The summed E-state index contributed by atoms with van der Waals surface area (Å²) in [7, 11) is 0. The van der Waals surface area contributed by atoms with E-state index in [-0.39, 0.29) is 29.9 Å². The van der Waals surface area contributed by atoms with E-state index in [9.17, 15) is 4.79 Å². The highest BCUT2D eigenvalue weighted by atomic mass is 127. The molecule has 0 rings (SSSR count). The summed E-state index contributed by atoms with van der Waals surface area (Å²) in [5.41, 5.74) is 0. The molecular weight excluding hydrogens is 359 g/mol. The second kappa shape index (κ2) is 15.5. The van der Waals surface area contributed by atoms with E-state index in [2.05, 4.69) is 20.9 Å². The number of aliphatic imine (C=N–C) groups is 1. The van der Waals surface area contributed by atoms with Crippen LogP contribution in [-0.2, 0) is 9.53 Å². The lowest BCUT2D eigenvalue weighted by Gasteiger charge is -2.11. The summed E-state index contributed by atoms with van der Waals surface area (Å²) < 4.78 is 5.24. The molecule has 19 heavy (non-hydrogen) atoms. The maximum atomic E-state index is 10.7. The summed E-state index contributed by atoms with van der Waals surface area (Å²) in [6, 6.07) is 0. The van der Waals surface area contributed by atoms with Gasteiger partial charge in [-0.25, -0.2) is 0 Å². The van der Waals surface area contributed by atoms with Gasteiger partial charge in [-0.2, -0.15) is 0 Å². The highest BCUT2D eigenvalue weighted by Crippen LogP contribution is 1.84. The number of halogens is 1. The largest absolute Gasteiger partial charge is 0.382 e. The number of rotatable bonds is 9. The van der Waals surface area contributed by atoms with Crippen LogP contribution in [0.25, 0.3) is 0 Å². The molecule has 0 aromatic carbocycles. The highest BCUT2D eigenvalue weighted by molar-refractivity contribution is 14.0. The molecule has 0 aromatic heterocycles. The summed E-state index contributed by atoms with van der Waals surface area (Å²) in [6.45, 7) is 9.81. The van der Waals surface area contributed by atoms with Crippen molar-refractivity contribution in [2.45, 2.75) is 27.2 Å². The van der Waals surface area contributed by atoms with E-state index >= 15 is 0 Å². The van der Waals surface area contributed by atoms with Crippen LogP contribution in [0.4, 0.5) is 0 Å². The van der Waals surface area contributed by atoms with Gasteiger partial charge in [0.15, 0.2) is 5.96 Å². The Kier molecular flexibility index (Phi) is 16.9. The minimum Gasteiger partial charge on any atom is -0.382 e. The summed E-state index contributed by atoms with van der Waals surface area (Å²) in [5, 5.41) is 9.02. The number of carbonyl (C=O) groups is 1. The van der Waals surface area contributed by atoms with Crippen LogP contribution in [0.1, 0.15) is 27.2 Å². The van der Waals surface area contributed by atoms with Crippen LogP contribution in [0, 0.1) is 0 Å². The number of guanidine groups is 1. The molecule has 0 bridgehead atoms. The summed E-state index contributed by atoms with van der Waals surface area (Å²) in [4.78, 5) is 15.1. The average Bonchev–Trinajstić information content (AvgIpc) is 2.33. The van der Waals surface area contributed by atoms with Gasteiger partial charge in [-0.1, -0.05) is 0 Å². The third-order valence-electron chi connectivity index (χ3n) is 2.06. The lowest BCUT2D eigenvalue weighted by molar-refractivity contribution is -0.118. The van der Waals surface area contributed by atoms with Crippen molar-refractivity contribution in [3.63, 3.8) is 0 Å². The first-order valence-electron chi connectivity index (χ1n) is 6.55. The minimum absolute atomic E-state index is 0. The molecule has 0 radical (unpaired) electrons. The van der Waals surface area contributed by atoms with Gasteiger partial charge in [0.1, 0.15) is 0 Å². The van der Waals surface area contributed by atoms with Crippen molar-refractivity contribution in [3.05, 3.63) is 0 Å². The number of hydrogen-bond acceptors (Lipinski definition) is 3. The molecule has 6 nitrogen and oxygen atoms in total. The molecule has 1 amide bonds. The topological polar surface area (TPSA) is 74.8 Å². The van der Waals surface area contributed by atoms with E-state index in [1.807, 2.05) is 13.8 Å². The van der Waals surface area contributed by atoms with Gasteiger partial charge in [0, 0.05) is 46.3 Å². The number of hydrogen-bond donors (Lipinski definition) is 3. The SMILES string of the molecule is CCNC(=NCCCOCC)NCCNC(C)=O.I. The maximum absolute atomic E-state index is 10.7. The van der Waals surface area contributed by atoms with Crippen molar-refractivity contribution >= 4 is 35.8 Å². The standard InChI is InChI=1S/C12H26N4O2.HI/c1-4-13-12(15-7-6-10-18-5-2)16-9-8-14-11(3)17;/h4-10H2,1-3H3,(H,14,17)(H2,13,15,16);1H. The zero-order valence-corrected chi connectivity index (χ0v) is 14.5. The van der Waals surface area contributed by atoms with Crippen LogP contribution in [-0.4, -0.2) is 51.3 Å². The van der Waals surface area contributed by atoms with Crippen molar-refractivity contribution in [2.24, 2.45) is 4.99 Å². The Morgan fingerprint density at radius 3 is 2.42 bits per heavy atom. The van der Waals surface area contributed by atoms with E-state index in [1.54, 1.807) is 0 Å². The van der Waals surface area contributed by atoms with Gasteiger partial charge in [0.25, 0.3) is 0 Å². The van der Waals surface area contributed by atoms with E-state index in [0.717, 1.165) is 38.7 Å². The van der Waals surface area contributed by atoms with Crippen LogP contribution >= 0.6 is 24.0 Å². The van der Waals surface area contributed by atoms with Gasteiger partial charge in [-0.15, -0.1) is 24.0 Å². The lowest BCUT2D eigenvalue weighted by Crippen LogP contribution is -2.41. The second-order valence-electron chi connectivity index (χ2n) is 3.72. The third kappa shape index (κ3) is 15.4. The van der Waals surface area contributed by atoms with Gasteiger partial charge in [0.05, 0.1) is 0 Å². The van der Waals surface area contributed by atoms with Crippen molar-refractivity contribution in [1.82, 2.24) is 16.0 Å². The smallest absolute Gasteiger partial charge is 0.216 e. The van der Waals surface area contributed by atoms with Gasteiger partial charge in [-0.05, 0) is 20.3 Å². The molecule has 0 atom stereocenters. The van der Waals surface area contributed by atoms with E-state index in [4.69, 9.17) is 4.74 Å². The van der Waals surface area contributed by atoms with Crippen molar-refractivity contribution < 1.29 is 9.53 Å². The predicted octanol–water partition coefficient (Wildman–Crippen LogP) is 0.722. The Balaban J connectivity index is 0. The van der Waals surface area contributed by atoms with Crippen molar-refractivity contribution in [2.75, 3.05) is 39.4 Å². The van der Waals surface area contributed by atoms with Crippen LogP contribution in [0.3, 0.4) is 0 Å². The minimum atomic E-state index is -0.0181. The van der Waals surface area contributed by atoms with Gasteiger partial charge < -0.3 is 20.7 Å². The number of nitrogens with zero attached hydrogens (tertiary/aromatic N) is 1. The Morgan fingerprint density at radius 1 is 1.16 bits per heavy atom. The molecule has 0 saturated heterocycles. The zero-order valence-electron chi connectivity index (χ0n) is 12.1.